The van der Waals surface area contributed by atoms with Crippen LogP contribution >= 0.6 is 11.3 Å². The van der Waals surface area contributed by atoms with Gasteiger partial charge in [-0.25, -0.2) is 9.78 Å². The van der Waals surface area contributed by atoms with E-state index >= 15 is 0 Å². The number of aromatic nitrogens is 1. The lowest BCUT2D eigenvalue weighted by Crippen LogP contribution is -2.04. The van der Waals surface area contributed by atoms with E-state index in [1.54, 1.807) is 6.07 Å². The average Bonchev–Trinajstić information content (AvgIpc) is 2.51. The van der Waals surface area contributed by atoms with Gasteiger partial charge in [0, 0.05) is 5.92 Å². The molecule has 0 amide bonds. The summed E-state index contributed by atoms with van der Waals surface area (Å²) in [5.74, 6) is 0.666. The molecule has 0 saturated carbocycles. The molecule has 68 valence electrons. The predicted octanol–water partition coefficient (Wildman–Crippen LogP) is 2.37. The van der Waals surface area contributed by atoms with Gasteiger partial charge >= 0.3 is 5.63 Å². The minimum absolute atomic E-state index is 0.152. The van der Waals surface area contributed by atoms with Gasteiger partial charge in [-0.2, -0.15) is 0 Å². The molecule has 0 saturated heterocycles. The minimum atomic E-state index is -0.282. The fourth-order valence-electron chi connectivity index (χ4n) is 1.06. The normalized spacial score (nSPS) is 11.3. The highest BCUT2D eigenvalue weighted by Gasteiger charge is 2.09. The molecule has 0 unspecified atom stereocenters. The van der Waals surface area contributed by atoms with Gasteiger partial charge in [-0.1, -0.05) is 13.8 Å². The molecule has 2 aromatic rings. The van der Waals surface area contributed by atoms with E-state index in [4.69, 9.17) is 4.42 Å². The smallest absolute Gasteiger partial charge is 0.347 e. The number of hydrogen-bond acceptors (Lipinski definition) is 4. The van der Waals surface area contributed by atoms with Gasteiger partial charge in [0.15, 0.2) is 0 Å². The topological polar surface area (TPSA) is 43.1 Å². The number of nitrogens with zero attached hydrogens (tertiary/aromatic N) is 1. The summed E-state index contributed by atoms with van der Waals surface area (Å²) in [6.07, 6.45) is 0. The SMILES string of the molecule is CC(C)c1nc2sccc2c(=O)o1. The fourth-order valence-corrected chi connectivity index (χ4v) is 1.82. The van der Waals surface area contributed by atoms with Crippen LogP contribution in [0.1, 0.15) is 25.7 Å². The van der Waals surface area contributed by atoms with Gasteiger partial charge in [0.1, 0.15) is 4.83 Å². The molecule has 2 rings (SSSR count). The Labute approximate surface area is 79.0 Å². The van der Waals surface area contributed by atoms with Gasteiger partial charge in [0.25, 0.3) is 0 Å². The van der Waals surface area contributed by atoms with Gasteiger partial charge in [-0.3, -0.25) is 0 Å². The summed E-state index contributed by atoms with van der Waals surface area (Å²) in [6.45, 7) is 3.90. The Balaban J connectivity index is 2.77. The first-order valence-electron chi connectivity index (χ1n) is 4.06. The summed E-state index contributed by atoms with van der Waals surface area (Å²) in [7, 11) is 0. The highest BCUT2D eigenvalue weighted by molar-refractivity contribution is 7.16. The zero-order valence-corrected chi connectivity index (χ0v) is 8.22. The number of fused-ring (bicyclic) bond motifs is 1. The Morgan fingerprint density at radius 2 is 2.31 bits per heavy atom. The standard InChI is InChI=1S/C9H9NO2S/c1-5(2)7-10-8-6(3-4-13-8)9(11)12-7/h3-5H,1-2H3. The highest BCUT2D eigenvalue weighted by Crippen LogP contribution is 2.18. The average molecular weight is 195 g/mol. The van der Waals surface area contributed by atoms with E-state index in [2.05, 4.69) is 4.98 Å². The van der Waals surface area contributed by atoms with Crippen LogP contribution < -0.4 is 5.63 Å². The van der Waals surface area contributed by atoms with Crippen molar-refractivity contribution >= 4 is 21.6 Å². The highest BCUT2D eigenvalue weighted by atomic mass is 32.1. The lowest BCUT2D eigenvalue weighted by molar-refractivity contribution is 0.425. The maximum absolute atomic E-state index is 11.4. The maximum Gasteiger partial charge on any atom is 0.347 e. The molecule has 0 fully saturated rings. The van der Waals surface area contributed by atoms with Crippen molar-refractivity contribution < 1.29 is 4.42 Å². The molecule has 0 aliphatic rings. The third-order valence-corrected chi connectivity index (χ3v) is 2.57. The number of hydrogen-bond donors (Lipinski definition) is 0. The van der Waals surface area contributed by atoms with Crippen molar-refractivity contribution in [3.63, 3.8) is 0 Å². The zero-order valence-electron chi connectivity index (χ0n) is 7.40. The zero-order chi connectivity index (χ0) is 9.42. The molecule has 0 spiro atoms. The molecule has 0 aromatic carbocycles. The van der Waals surface area contributed by atoms with E-state index in [1.165, 1.54) is 11.3 Å². The molecule has 0 aliphatic carbocycles. The molecule has 0 bridgehead atoms. The number of thiophene rings is 1. The Kier molecular flexibility index (Phi) is 1.92. The van der Waals surface area contributed by atoms with Gasteiger partial charge < -0.3 is 4.42 Å². The quantitative estimate of drug-likeness (QED) is 0.701. The van der Waals surface area contributed by atoms with E-state index in [0.717, 1.165) is 4.83 Å². The second-order valence-corrected chi connectivity index (χ2v) is 4.03. The third-order valence-electron chi connectivity index (χ3n) is 1.77. The molecular weight excluding hydrogens is 186 g/mol. The van der Waals surface area contributed by atoms with Crippen LogP contribution in [-0.4, -0.2) is 4.98 Å². The molecule has 4 heteroatoms. The Hall–Kier alpha value is -1.16. The summed E-state index contributed by atoms with van der Waals surface area (Å²) in [5.41, 5.74) is -0.282. The van der Waals surface area contributed by atoms with Crippen molar-refractivity contribution in [1.82, 2.24) is 4.98 Å². The first-order valence-corrected chi connectivity index (χ1v) is 4.94. The summed E-state index contributed by atoms with van der Waals surface area (Å²) < 4.78 is 5.05. The van der Waals surface area contributed by atoms with Crippen LogP contribution in [0.2, 0.25) is 0 Å². The first-order chi connectivity index (χ1) is 6.18. The van der Waals surface area contributed by atoms with Gasteiger partial charge in [-0.15, -0.1) is 11.3 Å². The van der Waals surface area contributed by atoms with Crippen LogP contribution in [0.15, 0.2) is 20.7 Å². The maximum atomic E-state index is 11.4. The lowest BCUT2D eigenvalue weighted by Gasteiger charge is -2.00. The van der Waals surface area contributed by atoms with Crippen molar-refractivity contribution in [2.75, 3.05) is 0 Å². The largest absolute Gasteiger partial charge is 0.408 e. The Morgan fingerprint density at radius 3 is 3.00 bits per heavy atom. The summed E-state index contributed by atoms with van der Waals surface area (Å²) in [6, 6.07) is 1.74. The molecule has 0 N–H and O–H groups in total. The Morgan fingerprint density at radius 1 is 1.54 bits per heavy atom. The predicted molar refractivity (Wildman–Crippen MR) is 52.2 cm³/mol. The second-order valence-electron chi connectivity index (χ2n) is 3.13. The van der Waals surface area contributed by atoms with E-state index in [9.17, 15) is 4.79 Å². The first kappa shape index (κ1) is 8.44. The van der Waals surface area contributed by atoms with Crippen molar-refractivity contribution in [2.45, 2.75) is 19.8 Å². The van der Waals surface area contributed by atoms with Gasteiger partial charge in [0.05, 0.1) is 5.39 Å². The molecule has 3 nitrogen and oxygen atoms in total. The summed E-state index contributed by atoms with van der Waals surface area (Å²) in [4.78, 5) is 16.4. The van der Waals surface area contributed by atoms with Crippen LogP contribution in [0.4, 0.5) is 0 Å². The lowest BCUT2D eigenvalue weighted by atomic mass is 10.2. The van der Waals surface area contributed by atoms with Crippen molar-refractivity contribution in [2.24, 2.45) is 0 Å². The summed E-state index contributed by atoms with van der Waals surface area (Å²) in [5, 5.41) is 2.42. The van der Waals surface area contributed by atoms with Crippen molar-refractivity contribution in [3.8, 4) is 0 Å². The van der Waals surface area contributed by atoms with Crippen molar-refractivity contribution in [3.05, 3.63) is 27.8 Å². The van der Waals surface area contributed by atoms with E-state index in [1.807, 2.05) is 19.2 Å². The molecular formula is C9H9NO2S. The molecule has 2 heterocycles. The molecule has 0 radical (unpaired) electrons. The van der Waals surface area contributed by atoms with E-state index in [0.29, 0.717) is 11.3 Å². The van der Waals surface area contributed by atoms with Gasteiger partial charge in [0.2, 0.25) is 5.89 Å². The molecule has 13 heavy (non-hydrogen) atoms. The Bertz CT molecular complexity index is 484. The van der Waals surface area contributed by atoms with Crippen LogP contribution in [-0.2, 0) is 0 Å². The fraction of sp³-hybridized carbons (Fsp3) is 0.333. The van der Waals surface area contributed by atoms with Crippen LogP contribution in [0, 0.1) is 0 Å². The van der Waals surface area contributed by atoms with Gasteiger partial charge in [-0.05, 0) is 11.4 Å². The van der Waals surface area contributed by atoms with Crippen LogP contribution in [0.25, 0.3) is 10.2 Å². The second kappa shape index (κ2) is 2.96. The van der Waals surface area contributed by atoms with Crippen LogP contribution in [0.3, 0.4) is 0 Å². The monoisotopic (exact) mass is 195 g/mol. The summed E-state index contributed by atoms with van der Waals surface area (Å²) >= 11 is 1.46. The molecule has 2 aromatic heterocycles. The molecule has 0 atom stereocenters. The third kappa shape index (κ3) is 1.37. The van der Waals surface area contributed by atoms with E-state index < -0.39 is 0 Å². The minimum Gasteiger partial charge on any atom is -0.408 e. The van der Waals surface area contributed by atoms with E-state index in [-0.39, 0.29) is 11.5 Å². The number of rotatable bonds is 1. The molecule has 0 aliphatic heterocycles. The van der Waals surface area contributed by atoms with Crippen LogP contribution in [0.5, 0.6) is 0 Å². The van der Waals surface area contributed by atoms with Crippen molar-refractivity contribution in [1.29, 1.82) is 0 Å².